The predicted octanol–water partition coefficient (Wildman–Crippen LogP) is 6.22. The lowest BCUT2D eigenvalue weighted by molar-refractivity contribution is -0.126. The van der Waals surface area contributed by atoms with E-state index >= 15 is 0 Å². The smallest absolute Gasteiger partial charge is 0.333 e. The fraction of sp³-hybridized carbons (Fsp3) is 0.243. The zero-order chi connectivity index (χ0) is 31.5. The van der Waals surface area contributed by atoms with Crippen molar-refractivity contribution in [1.82, 2.24) is 24.0 Å². The maximum atomic E-state index is 13.6. The summed E-state index contributed by atoms with van der Waals surface area (Å²) < 4.78 is 3.46. The van der Waals surface area contributed by atoms with E-state index in [0.29, 0.717) is 13.1 Å². The van der Waals surface area contributed by atoms with Crippen molar-refractivity contribution in [3.63, 3.8) is 0 Å². The Hall–Kier alpha value is -5.24. The lowest BCUT2D eigenvalue weighted by Gasteiger charge is -2.36. The second-order valence-electron chi connectivity index (χ2n) is 12.8. The first kappa shape index (κ1) is 28.5. The van der Waals surface area contributed by atoms with Gasteiger partial charge in [0, 0.05) is 55.8 Å². The largest absolute Gasteiger partial charge is 0.366 e. The molecule has 1 fully saturated rings. The number of pyridine rings is 2. The van der Waals surface area contributed by atoms with Crippen LogP contribution in [0.4, 0.5) is 5.69 Å². The first-order valence-electron chi connectivity index (χ1n) is 15.3. The summed E-state index contributed by atoms with van der Waals surface area (Å²) in [6, 6.07) is 22.9. The van der Waals surface area contributed by atoms with Gasteiger partial charge in [0.1, 0.15) is 0 Å². The van der Waals surface area contributed by atoms with Crippen LogP contribution in [0.15, 0.2) is 96.6 Å². The van der Waals surface area contributed by atoms with Crippen LogP contribution in [-0.4, -0.2) is 56.1 Å². The second-order valence-corrected chi connectivity index (χ2v) is 12.8. The second kappa shape index (κ2) is 10.7. The Labute approximate surface area is 261 Å². The van der Waals surface area contributed by atoms with Crippen molar-refractivity contribution in [2.75, 3.05) is 31.1 Å². The van der Waals surface area contributed by atoms with E-state index in [9.17, 15) is 9.59 Å². The lowest BCUT2D eigenvalue weighted by atomic mass is 9.87. The van der Waals surface area contributed by atoms with E-state index < -0.39 is 0 Å². The molecule has 0 unspecified atom stereocenters. The molecule has 0 bridgehead atoms. The van der Waals surface area contributed by atoms with Crippen LogP contribution < -0.4 is 10.6 Å². The molecule has 8 nitrogen and oxygen atoms in total. The fourth-order valence-corrected chi connectivity index (χ4v) is 6.38. The van der Waals surface area contributed by atoms with Crippen LogP contribution >= 0.6 is 0 Å². The van der Waals surface area contributed by atoms with Crippen LogP contribution in [0, 0.1) is 0 Å². The van der Waals surface area contributed by atoms with Crippen LogP contribution in [0.2, 0.25) is 0 Å². The summed E-state index contributed by atoms with van der Waals surface area (Å²) >= 11 is 0. The van der Waals surface area contributed by atoms with Gasteiger partial charge in [-0.2, -0.15) is 0 Å². The van der Waals surface area contributed by atoms with E-state index in [1.165, 1.54) is 11.6 Å². The highest BCUT2D eigenvalue weighted by molar-refractivity contribution is 6.05. The monoisotopic (exact) mass is 596 g/mol. The number of aromatic nitrogens is 4. The van der Waals surface area contributed by atoms with Gasteiger partial charge in [-0.3, -0.25) is 23.9 Å². The molecule has 0 N–H and O–H groups in total. The Bertz CT molecular complexity index is 2180. The molecule has 45 heavy (non-hydrogen) atoms. The van der Waals surface area contributed by atoms with Crippen LogP contribution in [-0.2, 0) is 17.3 Å². The van der Waals surface area contributed by atoms with Gasteiger partial charge in [-0.05, 0) is 59.0 Å². The summed E-state index contributed by atoms with van der Waals surface area (Å²) in [5, 5.41) is 1.95. The number of carbonyl (C=O) groups is 1. The molecule has 1 aliphatic rings. The van der Waals surface area contributed by atoms with Crippen LogP contribution in [0.5, 0.6) is 0 Å². The highest BCUT2D eigenvalue weighted by Crippen LogP contribution is 2.33. The third-order valence-electron chi connectivity index (χ3n) is 9.00. The maximum absolute atomic E-state index is 13.6. The first-order chi connectivity index (χ1) is 21.6. The number of para-hydroxylation sites is 1. The Kier molecular flexibility index (Phi) is 6.80. The average Bonchev–Trinajstić information content (AvgIpc) is 3.32. The van der Waals surface area contributed by atoms with Gasteiger partial charge in [0.05, 0.1) is 39.6 Å². The van der Waals surface area contributed by atoms with E-state index in [2.05, 4.69) is 80.8 Å². The third-order valence-corrected chi connectivity index (χ3v) is 9.00. The summed E-state index contributed by atoms with van der Waals surface area (Å²) in [4.78, 5) is 39.4. The number of anilines is 1. The number of imidazole rings is 1. The van der Waals surface area contributed by atoms with Crippen molar-refractivity contribution in [3.05, 3.63) is 108 Å². The summed E-state index contributed by atoms with van der Waals surface area (Å²) in [6.45, 7) is 13.0. The van der Waals surface area contributed by atoms with Crippen molar-refractivity contribution >= 4 is 44.4 Å². The molecule has 0 radical (unpaired) electrons. The summed E-state index contributed by atoms with van der Waals surface area (Å²) in [5.74, 6) is -0.0239. The zero-order valence-corrected chi connectivity index (χ0v) is 26.1. The van der Waals surface area contributed by atoms with E-state index in [-0.39, 0.29) is 17.0 Å². The van der Waals surface area contributed by atoms with Crippen molar-refractivity contribution in [1.29, 1.82) is 0 Å². The Morgan fingerprint density at radius 2 is 1.64 bits per heavy atom. The molecule has 4 heterocycles. The molecule has 1 saturated heterocycles. The first-order valence-corrected chi connectivity index (χ1v) is 15.3. The van der Waals surface area contributed by atoms with Gasteiger partial charge in [0.25, 0.3) is 0 Å². The number of nitrogens with zero attached hydrogens (tertiary/aromatic N) is 6. The Morgan fingerprint density at radius 3 is 2.36 bits per heavy atom. The minimum Gasteiger partial charge on any atom is -0.366 e. The average molecular weight is 597 g/mol. The molecule has 0 aliphatic carbocycles. The van der Waals surface area contributed by atoms with Crippen LogP contribution in [0.25, 0.3) is 49.7 Å². The number of fused-ring (bicyclic) bond motifs is 4. The third kappa shape index (κ3) is 4.86. The molecule has 3 aromatic heterocycles. The number of carbonyl (C=O) groups excluding carboxylic acids is 1. The van der Waals surface area contributed by atoms with Gasteiger partial charge in [-0.25, -0.2) is 4.79 Å². The Morgan fingerprint density at radius 1 is 0.889 bits per heavy atom. The molecule has 0 spiro atoms. The molecule has 6 aromatic rings. The molecule has 3 aromatic carbocycles. The topological polar surface area (TPSA) is 76.3 Å². The van der Waals surface area contributed by atoms with Gasteiger partial charge in [0.2, 0.25) is 5.91 Å². The molecule has 226 valence electrons. The highest BCUT2D eigenvalue weighted by atomic mass is 16.2. The molecule has 8 heteroatoms. The van der Waals surface area contributed by atoms with Crippen molar-refractivity contribution < 1.29 is 4.79 Å². The van der Waals surface area contributed by atoms with Crippen molar-refractivity contribution in [2.45, 2.75) is 26.2 Å². The Balaban J connectivity index is 1.30. The molecular formula is C37H36N6O2. The molecule has 0 saturated carbocycles. The number of rotatable bonds is 4. The predicted molar refractivity (Wildman–Crippen MR) is 182 cm³/mol. The molecule has 1 amide bonds. The van der Waals surface area contributed by atoms with Crippen LogP contribution in [0.1, 0.15) is 26.3 Å². The fourth-order valence-electron chi connectivity index (χ4n) is 6.38. The van der Waals surface area contributed by atoms with Gasteiger partial charge >= 0.3 is 5.69 Å². The minimum atomic E-state index is -0.109. The summed E-state index contributed by atoms with van der Waals surface area (Å²) in [7, 11) is 1.80. The van der Waals surface area contributed by atoms with E-state index in [4.69, 9.17) is 9.97 Å². The number of hydrogen-bond acceptors (Lipinski definition) is 5. The SMILES string of the molecule is C=CC(=O)N1CCN(c2cccc3cc(-c4ccc5ncc6c(c5c4)n(-c4ccc(C(C)(C)C)cc4)c(=O)n6C)cnc23)CC1. The number of amides is 1. The van der Waals surface area contributed by atoms with Crippen molar-refractivity contribution in [3.8, 4) is 16.8 Å². The maximum Gasteiger partial charge on any atom is 0.333 e. The van der Waals surface area contributed by atoms with Gasteiger partial charge in [-0.15, -0.1) is 0 Å². The molecular weight excluding hydrogens is 560 g/mol. The highest BCUT2D eigenvalue weighted by Gasteiger charge is 2.22. The van der Waals surface area contributed by atoms with E-state index in [1.807, 2.05) is 29.3 Å². The minimum absolute atomic E-state index is 0.0171. The van der Waals surface area contributed by atoms with E-state index in [0.717, 1.165) is 68.4 Å². The van der Waals surface area contributed by atoms with Gasteiger partial charge < -0.3 is 9.80 Å². The van der Waals surface area contributed by atoms with Crippen LogP contribution in [0.3, 0.4) is 0 Å². The van der Waals surface area contributed by atoms with Crippen molar-refractivity contribution in [2.24, 2.45) is 7.05 Å². The quantitative estimate of drug-likeness (QED) is 0.226. The zero-order valence-electron chi connectivity index (χ0n) is 26.1. The molecule has 7 rings (SSSR count). The number of piperazine rings is 1. The standard InChI is InChI=1S/C37H36N6O2/c1-6-33(44)42-18-16-41(17-19-42)31-9-7-8-25-20-26(22-39-34(25)31)24-10-15-30-29(21-24)35-32(23-38-30)40(5)36(45)43(35)28-13-11-27(12-14-28)37(2,3)4/h6-15,20-23H,1,16-19H2,2-5H3. The normalized spacial score (nSPS) is 14.0. The molecule has 1 aliphatic heterocycles. The summed E-state index contributed by atoms with van der Waals surface area (Å²) in [5.41, 5.74) is 8.37. The van der Waals surface area contributed by atoms with Gasteiger partial charge in [-0.1, -0.05) is 57.7 Å². The molecule has 0 atom stereocenters. The van der Waals surface area contributed by atoms with Gasteiger partial charge in [0.15, 0.2) is 0 Å². The number of aryl methyl sites for hydroxylation is 1. The number of hydrogen-bond donors (Lipinski definition) is 0. The number of benzene rings is 3. The summed E-state index contributed by atoms with van der Waals surface area (Å²) in [6.07, 6.45) is 5.08. The van der Waals surface area contributed by atoms with E-state index in [1.54, 1.807) is 22.4 Å². The lowest BCUT2D eigenvalue weighted by Crippen LogP contribution is -2.48.